The van der Waals surface area contributed by atoms with Crippen molar-refractivity contribution in [3.63, 3.8) is 0 Å². The van der Waals surface area contributed by atoms with E-state index in [9.17, 15) is 13.2 Å². The fraction of sp³-hybridized carbons (Fsp3) is 0.312. The highest BCUT2D eigenvalue weighted by Gasteiger charge is 2.29. The van der Waals surface area contributed by atoms with Gasteiger partial charge in [0, 0.05) is 12.2 Å². The molecule has 25 heavy (non-hydrogen) atoms. The van der Waals surface area contributed by atoms with E-state index in [2.05, 4.69) is 5.32 Å². The van der Waals surface area contributed by atoms with Crippen LogP contribution in [-0.2, 0) is 14.8 Å². The Hall–Kier alpha value is -1.12. The summed E-state index contributed by atoms with van der Waals surface area (Å²) in [5.41, 5.74) is 1.55. The van der Waals surface area contributed by atoms with Gasteiger partial charge in [-0.25, -0.2) is 8.42 Å². The van der Waals surface area contributed by atoms with Gasteiger partial charge < -0.3 is 5.32 Å². The minimum absolute atomic E-state index is 0.0682. The molecule has 1 heterocycles. The van der Waals surface area contributed by atoms with Crippen LogP contribution < -0.4 is 5.32 Å². The Labute approximate surface area is 161 Å². The minimum Gasteiger partial charge on any atom is -0.325 e. The summed E-state index contributed by atoms with van der Waals surface area (Å²) < 4.78 is 27.1. The number of anilines is 1. The van der Waals surface area contributed by atoms with Crippen LogP contribution in [0.2, 0.25) is 8.67 Å². The van der Waals surface area contributed by atoms with Gasteiger partial charge >= 0.3 is 0 Å². The van der Waals surface area contributed by atoms with Gasteiger partial charge in [-0.15, -0.1) is 11.3 Å². The molecule has 0 aliphatic heterocycles. The lowest BCUT2D eigenvalue weighted by atomic mass is 10.2. The monoisotopic (exact) mass is 420 g/mol. The number of amides is 1. The second-order valence-electron chi connectivity index (χ2n) is 5.39. The number of aryl methyl sites for hydroxylation is 1. The summed E-state index contributed by atoms with van der Waals surface area (Å²) in [5, 5.41) is 2.74. The Balaban J connectivity index is 2.21. The molecule has 0 saturated carbocycles. The van der Waals surface area contributed by atoms with E-state index in [1.165, 1.54) is 6.07 Å². The molecule has 0 aliphatic rings. The Kier molecular flexibility index (Phi) is 6.87. The number of nitrogens with one attached hydrogen (secondary N) is 1. The van der Waals surface area contributed by atoms with Crippen molar-refractivity contribution < 1.29 is 13.2 Å². The molecule has 136 valence electrons. The highest BCUT2D eigenvalue weighted by atomic mass is 35.5. The number of rotatable bonds is 7. The van der Waals surface area contributed by atoms with Crippen LogP contribution in [0.4, 0.5) is 5.69 Å². The number of nitrogens with zero attached hydrogens (tertiary/aromatic N) is 1. The van der Waals surface area contributed by atoms with Gasteiger partial charge in [0.05, 0.1) is 10.9 Å². The third-order valence-electron chi connectivity index (χ3n) is 3.46. The number of hydrogen-bond donors (Lipinski definition) is 1. The van der Waals surface area contributed by atoms with E-state index in [1.807, 2.05) is 26.0 Å². The number of hydrogen-bond acceptors (Lipinski definition) is 4. The number of thiophene rings is 1. The lowest BCUT2D eigenvalue weighted by Crippen LogP contribution is -2.38. The van der Waals surface area contributed by atoms with E-state index >= 15 is 0 Å². The highest BCUT2D eigenvalue weighted by Crippen LogP contribution is 2.35. The molecule has 0 radical (unpaired) electrons. The number of halogens is 2. The summed E-state index contributed by atoms with van der Waals surface area (Å²) in [4.78, 5) is 12.3. The molecule has 0 atom stereocenters. The lowest BCUT2D eigenvalue weighted by molar-refractivity contribution is -0.116. The van der Waals surface area contributed by atoms with E-state index in [0.717, 1.165) is 21.2 Å². The number of sulfonamides is 1. The summed E-state index contributed by atoms with van der Waals surface area (Å²) in [6.45, 7) is 3.61. The summed E-state index contributed by atoms with van der Waals surface area (Å²) in [7, 11) is -3.90. The predicted molar refractivity (Wildman–Crippen MR) is 103 cm³/mol. The quantitative estimate of drug-likeness (QED) is 0.721. The maximum atomic E-state index is 12.8. The summed E-state index contributed by atoms with van der Waals surface area (Å²) in [5.74, 6) is -0.413. The van der Waals surface area contributed by atoms with Crippen LogP contribution in [0.15, 0.2) is 35.2 Å². The molecule has 1 amide bonds. The summed E-state index contributed by atoms with van der Waals surface area (Å²) >= 11 is 12.8. The Morgan fingerprint density at radius 2 is 1.96 bits per heavy atom. The van der Waals surface area contributed by atoms with Crippen molar-refractivity contribution >= 4 is 56.2 Å². The Morgan fingerprint density at radius 1 is 1.28 bits per heavy atom. The molecule has 5 nitrogen and oxygen atoms in total. The molecule has 1 N–H and O–H groups in total. The van der Waals surface area contributed by atoms with Crippen molar-refractivity contribution in [1.82, 2.24) is 4.31 Å². The molecule has 0 aliphatic carbocycles. The number of carbonyl (C=O) groups is 1. The van der Waals surface area contributed by atoms with Gasteiger partial charge in [-0.2, -0.15) is 4.31 Å². The zero-order valence-corrected chi connectivity index (χ0v) is 16.9. The molecule has 0 saturated heterocycles. The molecular formula is C16H18Cl2N2O3S2. The predicted octanol–water partition coefficient (Wildman–Crippen LogP) is 4.40. The van der Waals surface area contributed by atoms with Gasteiger partial charge in [0.1, 0.15) is 9.23 Å². The zero-order chi connectivity index (χ0) is 18.6. The van der Waals surface area contributed by atoms with Crippen molar-refractivity contribution in [3.8, 4) is 0 Å². The third kappa shape index (κ3) is 4.95. The first-order chi connectivity index (χ1) is 11.8. The van der Waals surface area contributed by atoms with Crippen LogP contribution in [0.1, 0.15) is 18.9 Å². The van der Waals surface area contributed by atoms with Gasteiger partial charge in [0.2, 0.25) is 15.9 Å². The number of carbonyl (C=O) groups excluding carboxylic acids is 1. The Morgan fingerprint density at radius 3 is 2.52 bits per heavy atom. The molecule has 0 unspecified atom stereocenters. The second kappa shape index (κ2) is 8.51. The topological polar surface area (TPSA) is 66.5 Å². The molecule has 0 spiro atoms. The van der Waals surface area contributed by atoms with E-state index in [1.54, 1.807) is 12.1 Å². The van der Waals surface area contributed by atoms with Crippen molar-refractivity contribution in [2.75, 3.05) is 18.4 Å². The molecule has 1 aromatic carbocycles. The molecule has 0 bridgehead atoms. The maximum absolute atomic E-state index is 12.8. The van der Waals surface area contributed by atoms with Crippen LogP contribution >= 0.6 is 34.5 Å². The smallest absolute Gasteiger partial charge is 0.245 e. The summed E-state index contributed by atoms with van der Waals surface area (Å²) in [6.07, 6.45) is 0.562. The maximum Gasteiger partial charge on any atom is 0.245 e. The fourth-order valence-electron chi connectivity index (χ4n) is 2.24. The van der Waals surface area contributed by atoms with Crippen LogP contribution in [0.25, 0.3) is 0 Å². The highest BCUT2D eigenvalue weighted by molar-refractivity contribution is 7.89. The van der Waals surface area contributed by atoms with Gasteiger partial charge in [-0.3, -0.25) is 4.79 Å². The number of benzene rings is 1. The van der Waals surface area contributed by atoms with Crippen LogP contribution in [-0.4, -0.2) is 31.7 Å². The average Bonchev–Trinajstić information content (AvgIpc) is 2.88. The van der Waals surface area contributed by atoms with Crippen molar-refractivity contribution in [2.45, 2.75) is 25.2 Å². The Bertz CT molecular complexity index is 866. The fourth-order valence-corrected chi connectivity index (χ4v) is 5.84. The normalized spacial score (nSPS) is 11.7. The van der Waals surface area contributed by atoms with Crippen LogP contribution in [0.3, 0.4) is 0 Å². The van der Waals surface area contributed by atoms with Crippen molar-refractivity contribution in [1.29, 1.82) is 0 Å². The molecule has 1 aromatic heterocycles. The van der Waals surface area contributed by atoms with Gasteiger partial charge in [-0.1, -0.05) is 48.3 Å². The van der Waals surface area contributed by atoms with E-state index in [4.69, 9.17) is 23.2 Å². The lowest BCUT2D eigenvalue weighted by Gasteiger charge is -2.21. The number of para-hydroxylation sites is 1. The summed E-state index contributed by atoms with van der Waals surface area (Å²) in [6, 6.07) is 8.61. The third-order valence-corrected chi connectivity index (χ3v) is 7.05. The van der Waals surface area contributed by atoms with E-state index < -0.39 is 15.9 Å². The van der Waals surface area contributed by atoms with Crippen LogP contribution in [0, 0.1) is 6.92 Å². The SMILES string of the molecule is CCCN(CC(=O)Nc1ccccc1C)S(=O)(=O)c1cc(Cl)sc1Cl. The van der Waals surface area contributed by atoms with Gasteiger partial charge in [0.25, 0.3) is 0 Å². The largest absolute Gasteiger partial charge is 0.325 e. The van der Waals surface area contributed by atoms with E-state index in [-0.39, 0.29) is 26.7 Å². The van der Waals surface area contributed by atoms with Crippen molar-refractivity contribution in [3.05, 3.63) is 44.6 Å². The molecular weight excluding hydrogens is 403 g/mol. The molecule has 0 fully saturated rings. The van der Waals surface area contributed by atoms with Gasteiger partial charge in [-0.05, 0) is 31.0 Å². The molecule has 2 aromatic rings. The molecule has 2 rings (SSSR count). The molecule has 9 heteroatoms. The average molecular weight is 421 g/mol. The van der Waals surface area contributed by atoms with E-state index in [0.29, 0.717) is 12.1 Å². The zero-order valence-electron chi connectivity index (χ0n) is 13.8. The van der Waals surface area contributed by atoms with Gasteiger partial charge in [0.15, 0.2) is 0 Å². The first-order valence-electron chi connectivity index (χ1n) is 7.56. The first kappa shape index (κ1) is 20.2. The standard InChI is InChI=1S/C16H18Cl2N2O3S2/c1-3-8-20(25(22,23)13-9-14(17)24-16(13)18)10-15(21)19-12-7-5-4-6-11(12)2/h4-7,9H,3,8,10H2,1-2H3,(H,19,21). The second-order valence-corrected chi connectivity index (χ2v) is 9.58. The minimum atomic E-state index is -3.90. The van der Waals surface area contributed by atoms with Crippen LogP contribution in [0.5, 0.6) is 0 Å². The first-order valence-corrected chi connectivity index (χ1v) is 10.6. The van der Waals surface area contributed by atoms with Crippen molar-refractivity contribution in [2.24, 2.45) is 0 Å².